The standard InChI is InChI=1S/C32H55NO15/c1-2-3-32(34)48-29-27-46-25-23-44-21-19-42-17-15-40-13-11-38-9-8-37-10-12-39-14-16-41-18-20-43-22-24-45-26-28-47-31-6-4-30(5-7-31)33(35)36/h4-7H,2-3,8-29H2,1H3. The van der Waals surface area contributed by atoms with Crippen molar-refractivity contribution in [1.29, 1.82) is 0 Å². The molecule has 1 aromatic rings. The lowest BCUT2D eigenvalue weighted by Crippen LogP contribution is -2.15. The minimum absolute atomic E-state index is 0.0227. The van der Waals surface area contributed by atoms with Gasteiger partial charge in [-0.2, -0.15) is 0 Å². The molecule has 0 spiro atoms. The predicted molar refractivity (Wildman–Crippen MR) is 173 cm³/mol. The molecular formula is C32H55NO15. The Labute approximate surface area is 283 Å². The van der Waals surface area contributed by atoms with Gasteiger partial charge >= 0.3 is 5.97 Å². The first-order valence-electron chi connectivity index (χ1n) is 16.4. The number of nitrogens with zero attached hydrogens (tertiary/aromatic N) is 1. The Hall–Kier alpha value is -2.51. The van der Waals surface area contributed by atoms with Crippen LogP contribution in [0.15, 0.2) is 24.3 Å². The Morgan fingerprint density at radius 1 is 0.500 bits per heavy atom. The van der Waals surface area contributed by atoms with Crippen LogP contribution in [0.3, 0.4) is 0 Å². The topological polar surface area (TPSA) is 171 Å². The third kappa shape index (κ3) is 29.6. The molecule has 48 heavy (non-hydrogen) atoms. The summed E-state index contributed by atoms with van der Waals surface area (Å²) >= 11 is 0. The van der Waals surface area contributed by atoms with E-state index in [2.05, 4.69) is 0 Å². The van der Waals surface area contributed by atoms with Gasteiger partial charge < -0.3 is 56.8 Å². The maximum Gasteiger partial charge on any atom is 0.305 e. The fraction of sp³-hybridized carbons (Fsp3) is 0.781. The highest BCUT2D eigenvalue weighted by atomic mass is 16.6. The minimum atomic E-state index is -0.454. The Morgan fingerprint density at radius 3 is 1.08 bits per heavy atom. The second-order valence-electron chi connectivity index (χ2n) is 9.69. The summed E-state index contributed by atoms with van der Waals surface area (Å²) in [6.45, 7) is 11.7. The van der Waals surface area contributed by atoms with Crippen LogP contribution in [0.1, 0.15) is 19.8 Å². The second kappa shape index (κ2) is 34.4. The van der Waals surface area contributed by atoms with Crippen LogP contribution in [0.5, 0.6) is 5.75 Å². The molecule has 16 heteroatoms. The molecule has 0 amide bonds. The van der Waals surface area contributed by atoms with Crippen LogP contribution >= 0.6 is 0 Å². The number of nitro benzene ring substituents is 1. The van der Waals surface area contributed by atoms with Crippen LogP contribution in [0.2, 0.25) is 0 Å². The number of hydrogen-bond donors (Lipinski definition) is 0. The molecule has 0 bridgehead atoms. The highest BCUT2D eigenvalue weighted by molar-refractivity contribution is 5.69. The van der Waals surface area contributed by atoms with Gasteiger partial charge in [-0.25, -0.2) is 0 Å². The maximum atomic E-state index is 11.2. The molecule has 278 valence electrons. The summed E-state index contributed by atoms with van der Waals surface area (Å²) in [5, 5.41) is 10.6. The average molecular weight is 694 g/mol. The van der Waals surface area contributed by atoms with E-state index in [1.165, 1.54) is 12.1 Å². The molecule has 0 radical (unpaired) electrons. The van der Waals surface area contributed by atoms with Crippen molar-refractivity contribution in [1.82, 2.24) is 0 Å². The Morgan fingerprint density at radius 2 is 0.792 bits per heavy atom. The van der Waals surface area contributed by atoms with Crippen molar-refractivity contribution in [3.8, 4) is 5.75 Å². The SMILES string of the molecule is CCCC(=O)OCCOCCOCCOCCOCCOCCOCCOCCOCCOCCOCCOc1ccc([N+](=O)[O-])cc1. The van der Waals surface area contributed by atoms with Crippen molar-refractivity contribution < 1.29 is 66.6 Å². The van der Waals surface area contributed by atoms with Crippen molar-refractivity contribution in [2.24, 2.45) is 0 Å². The van der Waals surface area contributed by atoms with Gasteiger partial charge in [-0.3, -0.25) is 14.9 Å². The molecule has 0 unspecified atom stereocenters. The summed E-state index contributed by atoms with van der Waals surface area (Å²) in [4.78, 5) is 21.4. The molecule has 0 atom stereocenters. The molecule has 0 aliphatic heterocycles. The van der Waals surface area contributed by atoms with E-state index in [4.69, 9.17) is 56.8 Å². The molecule has 1 aromatic carbocycles. The van der Waals surface area contributed by atoms with E-state index < -0.39 is 4.92 Å². The number of esters is 1. The maximum absolute atomic E-state index is 11.2. The number of ether oxygens (including phenoxy) is 12. The van der Waals surface area contributed by atoms with E-state index in [0.717, 1.165) is 6.42 Å². The van der Waals surface area contributed by atoms with Crippen molar-refractivity contribution in [2.45, 2.75) is 19.8 Å². The van der Waals surface area contributed by atoms with Gasteiger partial charge in [0.1, 0.15) is 19.0 Å². The Balaban J connectivity index is 1.65. The molecule has 0 saturated heterocycles. The van der Waals surface area contributed by atoms with Gasteiger partial charge in [-0.15, -0.1) is 0 Å². The summed E-state index contributed by atoms with van der Waals surface area (Å²) in [6.07, 6.45) is 1.21. The molecule has 0 heterocycles. The lowest BCUT2D eigenvalue weighted by atomic mass is 10.3. The van der Waals surface area contributed by atoms with E-state index in [1.54, 1.807) is 12.1 Å². The lowest BCUT2D eigenvalue weighted by Gasteiger charge is -2.09. The molecule has 0 N–H and O–H groups in total. The van der Waals surface area contributed by atoms with Crippen LogP contribution in [0, 0.1) is 10.1 Å². The molecule has 0 saturated carbocycles. The number of nitro groups is 1. The largest absolute Gasteiger partial charge is 0.491 e. The van der Waals surface area contributed by atoms with Gasteiger partial charge in [-0.1, -0.05) is 6.92 Å². The summed E-state index contributed by atoms with van der Waals surface area (Å²) in [5.74, 6) is 0.358. The van der Waals surface area contributed by atoms with E-state index in [9.17, 15) is 14.9 Å². The van der Waals surface area contributed by atoms with Gasteiger partial charge in [0, 0.05) is 18.6 Å². The van der Waals surface area contributed by atoms with Crippen molar-refractivity contribution in [3.05, 3.63) is 34.4 Å². The molecule has 0 fully saturated rings. The van der Waals surface area contributed by atoms with Gasteiger partial charge in [0.15, 0.2) is 0 Å². The predicted octanol–water partition coefficient (Wildman–Crippen LogP) is 2.48. The summed E-state index contributed by atoms with van der Waals surface area (Å²) in [7, 11) is 0. The van der Waals surface area contributed by atoms with Crippen LogP contribution in [-0.2, 0) is 56.9 Å². The van der Waals surface area contributed by atoms with Crippen LogP contribution < -0.4 is 4.74 Å². The molecule has 1 rings (SSSR count). The van der Waals surface area contributed by atoms with Gasteiger partial charge in [0.25, 0.3) is 5.69 Å². The van der Waals surface area contributed by atoms with Crippen LogP contribution in [-0.4, -0.2) is 156 Å². The fourth-order valence-electron chi connectivity index (χ4n) is 3.45. The smallest absolute Gasteiger partial charge is 0.305 e. The molecular weight excluding hydrogens is 638 g/mol. The zero-order valence-corrected chi connectivity index (χ0v) is 28.4. The Kier molecular flexibility index (Phi) is 31.1. The Bertz CT molecular complexity index is 862. The quantitative estimate of drug-likeness (QED) is 0.0431. The summed E-state index contributed by atoms with van der Waals surface area (Å²) < 4.78 is 64.8. The summed E-state index contributed by atoms with van der Waals surface area (Å²) in [6, 6.07) is 5.90. The van der Waals surface area contributed by atoms with Crippen LogP contribution in [0.25, 0.3) is 0 Å². The molecule has 16 nitrogen and oxygen atoms in total. The number of benzene rings is 1. The molecule has 0 aliphatic carbocycles. The first-order valence-corrected chi connectivity index (χ1v) is 16.4. The third-order valence-electron chi connectivity index (χ3n) is 5.84. The van der Waals surface area contributed by atoms with Gasteiger partial charge in [0.05, 0.1) is 137 Å². The fourth-order valence-corrected chi connectivity index (χ4v) is 3.45. The van der Waals surface area contributed by atoms with E-state index >= 15 is 0 Å². The molecule has 0 aromatic heterocycles. The van der Waals surface area contributed by atoms with E-state index in [1.807, 2.05) is 6.92 Å². The average Bonchev–Trinajstić information content (AvgIpc) is 3.08. The van der Waals surface area contributed by atoms with Crippen LogP contribution in [0.4, 0.5) is 5.69 Å². The van der Waals surface area contributed by atoms with Crippen molar-refractivity contribution in [2.75, 3.05) is 145 Å². The van der Waals surface area contributed by atoms with E-state index in [0.29, 0.717) is 151 Å². The number of rotatable bonds is 37. The number of carbonyl (C=O) groups is 1. The number of hydrogen-bond acceptors (Lipinski definition) is 15. The number of non-ortho nitro benzene ring substituents is 1. The zero-order chi connectivity index (χ0) is 34.6. The first-order chi connectivity index (χ1) is 23.6. The van der Waals surface area contributed by atoms with Gasteiger partial charge in [-0.05, 0) is 18.6 Å². The highest BCUT2D eigenvalue weighted by Gasteiger charge is 2.04. The second-order valence-corrected chi connectivity index (χ2v) is 9.69. The third-order valence-corrected chi connectivity index (χ3v) is 5.84. The van der Waals surface area contributed by atoms with E-state index in [-0.39, 0.29) is 18.3 Å². The van der Waals surface area contributed by atoms with Gasteiger partial charge in [0.2, 0.25) is 0 Å². The monoisotopic (exact) mass is 693 g/mol. The van der Waals surface area contributed by atoms with Crippen molar-refractivity contribution >= 4 is 11.7 Å². The number of carbonyl (C=O) groups excluding carboxylic acids is 1. The van der Waals surface area contributed by atoms with Crippen molar-refractivity contribution in [3.63, 3.8) is 0 Å². The zero-order valence-electron chi connectivity index (χ0n) is 28.4. The minimum Gasteiger partial charge on any atom is -0.491 e. The summed E-state index contributed by atoms with van der Waals surface area (Å²) in [5.41, 5.74) is 0.0227. The lowest BCUT2D eigenvalue weighted by molar-refractivity contribution is -0.384. The highest BCUT2D eigenvalue weighted by Crippen LogP contribution is 2.17. The first kappa shape index (κ1) is 43.5. The molecule has 0 aliphatic rings. The normalized spacial score (nSPS) is 11.2.